The smallest absolute Gasteiger partial charge is 0.170 e. The number of anilines is 1. The van der Waals surface area contributed by atoms with Gasteiger partial charge in [0.05, 0.1) is 0 Å². The average molecular weight is 249 g/mol. The summed E-state index contributed by atoms with van der Waals surface area (Å²) in [6.07, 6.45) is 10.3. The molecule has 0 saturated heterocycles. The molecule has 1 heterocycles. The largest absolute Gasteiger partial charge is 0.362 e. The van der Waals surface area contributed by atoms with E-state index in [1.54, 1.807) is 12.4 Å². The summed E-state index contributed by atoms with van der Waals surface area (Å²) in [7, 11) is 0. The summed E-state index contributed by atoms with van der Waals surface area (Å²) in [5, 5.41) is 7.17. The van der Waals surface area contributed by atoms with Crippen molar-refractivity contribution >= 4 is 23.0 Å². The molecule has 1 aliphatic carbocycles. The van der Waals surface area contributed by atoms with Gasteiger partial charge in [-0.05, 0) is 43.1 Å². The number of nitrogens with zero attached hydrogens (tertiary/aromatic N) is 1. The van der Waals surface area contributed by atoms with Crippen LogP contribution in [0.3, 0.4) is 0 Å². The van der Waals surface area contributed by atoms with E-state index in [1.807, 2.05) is 12.1 Å². The molecule has 1 aromatic heterocycles. The third kappa shape index (κ3) is 4.30. The zero-order valence-corrected chi connectivity index (χ0v) is 10.8. The van der Waals surface area contributed by atoms with Crippen molar-refractivity contribution in [3.63, 3.8) is 0 Å². The van der Waals surface area contributed by atoms with Gasteiger partial charge in [0.1, 0.15) is 0 Å². The Bertz CT molecular complexity index is 347. The van der Waals surface area contributed by atoms with E-state index in [9.17, 15) is 0 Å². The normalized spacial score (nSPS) is 16.5. The van der Waals surface area contributed by atoms with Crippen molar-refractivity contribution in [1.29, 1.82) is 0 Å². The van der Waals surface area contributed by atoms with Crippen LogP contribution in [0.1, 0.15) is 32.1 Å². The van der Waals surface area contributed by atoms with Gasteiger partial charge in [-0.1, -0.05) is 19.3 Å². The van der Waals surface area contributed by atoms with Crippen molar-refractivity contribution in [3.8, 4) is 0 Å². The molecule has 0 spiro atoms. The van der Waals surface area contributed by atoms with E-state index in [0.29, 0.717) is 5.11 Å². The van der Waals surface area contributed by atoms with Crippen LogP contribution < -0.4 is 10.6 Å². The van der Waals surface area contributed by atoms with Crippen LogP contribution in [0.25, 0.3) is 0 Å². The molecule has 1 aliphatic rings. The summed E-state index contributed by atoms with van der Waals surface area (Å²) >= 11 is 5.26. The first-order valence-electron chi connectivity index (χ1n) is 6.29. The zero-order valence-electron chi connectivity index (χ0n) is 9.98. The lowest BCUT2D eigenvalue weighted by Gasteiger charge is -2.22. The second-order valence-corrected chi connectivity index (χ2v) is 4.98. The lowest BCUT2D eigenvalue weighted by atomic mass is 9.89. The summed E-state index contributed by atoms with van der Waals surface area (Å²) < 4.78 is 0. The number of pyridine rings is 1. The highest BCUT2D eigenvalue weighted by Crippen LogP contribution is 2.22. The quantitative estimate of drug-likeness (QED) is 0.808. The maximum atomic E-state index is 5.26. The second-order valence-electron chi connectivity index (χ2n) is 4.57. The Hall–Kier alpha value is -1.16. The molecule has 3 nitrogen and oxygen atoms in total. The van der Waals surface area contributed by atoms with Crippen LogP contribution in [0.2, 0.25) is 0 Å². The first-order chi connectivity index (χ1) is 8.34. The van der Waals surface area contributed by atoms with Crippen molar-refractivity contribution < 1.29 is 0 Å². The minimum atomic E-state index is 0.710. The van der Waals surface area contributed by atoms with Crippen LogP contribution >= 0.6 is 12.2 Å². The Kier molecular flexibility index (Phi) is 4.74. The van der Waals surface area contributed by atoms with Gasteiger partial charge in [-0.3, -0.25) is 4.98 Å². The van der Waals surface area contributed by atoms with Crippen molar-refractivity contribution in [2.45, 2.75) is 32.1 Å². The van der Waals surface area contributed by atoms with E-state index in [4.69, 9.17) is 12.2 Å². The summed E-state index contributed by atoms with van der Waals surface area (Å²) in [5.74, 6) is 0.793. The van der Waals surface area contributed by atoms with Gasteiger partial charge in [-0.2, -0.15) is 0 Å². The number of hydrogen-bond donors (Lipinski definition) is 2. The molecule has 92 valence electrons. The molecule has 0 bridgehead atoms. The van der Waals surface area contributed by atoms with Crippen LogP contribution in [-0.4, -0.2) is 16.6 Å². The molecule has 0 amide bonds. The molecule has 0 aliphatic heterocycles. The fraction of sp³-hybridized carbons (Fsp3) is 0.538. The molecule has 2 N–H and O–H groups in total. The van der Waals surface area contributed by atoms with E-state index in [1.165, 1.54) is 32.1 Å². The van der Waals surface area contributed by atoms with Crippen LogP contribution in [0, 0.1) is 5.92 Å². The first kappa shape index (κ1) is 12.3. The van der Waals surface area contributed by atoms with Crippen molar-refractivity contribution in [3.05, 3.63) is 24.5 Å². The predicted octanol–water partition coefficient (Wildman–Crippen LogP) is 2.95. The van der Waals surface area contributed by atoms with E-state index in [-0.39, 0.29) is 0 Å². The minimum Gasteiger partial charge on any atom is -0.362 e. The first-order valence-corrected chi connectivity index (χ1v) is 6.70. The van der Waals surface area contributed by atoms with Gasteiger partial charge in [-0.15, -0.1) is 0 Å². The number of nitrogens with one attached hydrogen (secondary N) is 2. The zero-order chi connectivity index (χ0) is 11.9. The third-order valence-corrected chi connectivity index (χ3v) is 3.46. The average Bonchev–Trinajstić information content (AvgIpc) is 2.39. The lowest BCUT2D eigenvalue weighted by molar-refractivity contribution is 0.357. The molecule has 1 aromatic rings. The van der Waals surface area contributed by atoms with E-state index >= 15 is 0 Å². The second kappa shape index (κ2) is 6.55. The number of hydrogen-bond acceptors (Lipinski definition) is 2. The van der Waals surface area contributed by atoms with Gasteiger partial charge in [0.15, 0.2) is 5.11 Å². The molecular weight excluding hydrogens is 230 g/mol. The Morgan fingerprint density at radius 1 is 1.24 bits per heavy atom. The molecule has 1 fully saturated rings. The maximum Gasteiger partial charge on any atom is 0.170 e. The van der Waals surface area contributed by atoms with Crippen LogP contribution in [0.5, 0.6) is 0 Å². The Morgan fingerprint density at radius 2 is 1.94 bits per heavy atom. The topological polar surface area (TPSA) is 37.0 Å². The summed E-state index contributed by atoms with van der Waals surface area (Å²) in [4.78, 5) is 3.97. The lowest BCUT2D eigenvalue weighted by Crippen LogP contribution is -2.33. The van der Waals surface area contributed by atoms with Gasteiger partial charge in [0.2, 0.25) is 0 Å². The Morgan fingerprint density at radius 3 is 2.65 bits per heavy atom. The van der Waals surface area contributed by atoms with Crippen molar-refractivity contribution in [2.24, 2.45) is 5.92 Å². The highest BCUT2D eigenvalue weighted by molar-refractivity contribution is 7.80. The maximum absolute atomic E-state index is 5.26. The Balaban J connectivity index is 1.70. The molecule has 0 unspecified atom stereocenters. The van der Waals surface area contributed by atoms with Gasteiger partial charge < -0.3 is 10.6 Å². The van der Waals surface area contributed by atoms with E-state index in [2.05, 4.69) is 15.6 Å². The molecular formula is C13H19N3S. The standard InChI is InChI=1S/C13H19N3S/c17-13(16-12-6-8-14-9-7-12)15-10-11-4-2-1-3-5-11/h6-9,11H,1-5,10H2,(H2,14,15,16,17). The molecule has 0 atom stereocenters. The number of thiocarbonyl (C=S) groups is 1. The molecule has 17 heavy (non-hydrogen) atoms. The Labute approximate surface area is 108 Å². The highest BCUT2D eigenvalue weighted by atomic mass is 32.1. The highest BCUT2D eigenvalue weighted by Gasteiger charge is 2.13. The SMILES string of the molecule is S=C(NCC1CCCCC1)Nc1ccncc1. The third-order valence-electron chi connectivity index (χ3n) is 3.21. The number of aromatic nitrogens is 1. The van der Waals surface area contributed by atoms with E-state index < -0.39 is 0 Å². The summed E-state index contributed by atoms with van der Waals surface area (Å²) in [5.41, 5.74) is 0.987. The molecule has 2 rings (SSSR count). The van der Waals surface area contributed by atoms with Gasteiger partial charge in [0.25, 0.3) is 0 Å². The summed E-state index contributed by atoms with van der Waals surface area (Å²) in [6, 6.07) is 3.82. The van der Waals surface area contributed by atoms with Crippen LogP contribution in [0.15, 0.2) is 24.5 Å². The molecule has 0 radical (unpaired) electrons. The van der Waals surface area contributed by atoms with Crippen molar-refractivity contribution in [1.82, 2.24) is 10.3 Å². The van der Waals surface area contributed by atoms with Gasteiger partial charge in [-0.25, -0.2) is 0 Å². The minimum absolute atomic E-state index is 0.710. The van der Waals surface area contributed by atoms with Crippen LogP contribution in [0.4, 0.5) is 5.69 Å². The molecule has 1 saturated carbocycles. The molecule has 4 heteroatoms. The molecule has 0 aromatic carbocycles. The van der Waals surface area contributed by atoms with Crippen LogP contribution in [-0.2, 0) is 0 Å². The predicted molar refractivity (Wildman–Crippen MR) is 75.0 cm³/mol. The van der Waals surface area contributed by atoms with E-state index in [0.717, 1.165) is 18.2 Å². The fourth-order valence-corrected chi connectivity index (χ4v) is 2.44. The van der Waals surface area contributed by atoms with Gasteiger partial charge >= 0.3 is 0 Å². The van der Waals surface area contributed by atoms with Gasteiger partial charge in [0, 0.05) is 24.6 Å². The van der Waals surface area contributed by atoms with Crippen molar-refractivity contribution in [2.75, 3.05) is 11.9 Å². The fourth-order valence-electron chi connectivity index (χ4n) is 2.24. The number of rotatable bonds is 3. The summed E-state index contributed by atoms with van der Waals surface area (Å²) in [6.45, 7) is 0.997. The monoisotopic (exact) mass is 249 g/mol.